The van der Waals surface area contributed by atoms with Crippen LogP contribution in [0.25, 0.3) is 0 Å². The molecule has 14 heavy (non-hydrogen) atoms. The number of fused-ring (bicyclic) bond motifs is 2. The average Bonchev–Trinajstić information content (AvgIpc) is 2.16. The van der Waals surface area contributed by atoms with E-state index in [0.29, 0.717) is 0 Å². The second-order valence-electron chi connectivity index (χ2n) is 3.91. The number of Topliss-reactive ketones (excluding diaryl/α,β-unsaturated/α-hetero) is 2. The van der Waals surface area contributed by atoms with Crippen LogP contribution in [0, 0.1) is 11.8 Å². The number of rotatable bonds is 0. The van der Waals surface area contributed by atoms with Gasteiger partial charge in [-0.3, -0.25) is 9.59 Å². The molecular weight excluding hydrogens is 184 g/mol. The minimum Gasteiger partial charge on any atom is -0.503 e. The second-order valence-corrected chi connectivity index (χ2v) is 3.91. The zero-order valence-corrected chi connectivity index (χ0v) is 7.56. The number of carbonyl (C=O) groups excluding carboxylic acids is 2. The van der Waals surface area contributed by atoms with Crippen LogP contribution in [-0.2, 0) is 9.59 Å². The Hall–Kier alpha value is -1.36. The summed E-state index contributed by atoms with van der Waals surface area (Å²) in [6.45, 7) is 0. The third-order valence-corrected chi connectivity index (χ3v) is 3.07. The molecule has 2 bridgehead atoms. The first-order valence-electron chi connectivity index (χ1n) is 4.52. The van der Waals surface area contributed by atoms with Gasteiger partial charge in [0.2, 0.25) is 5.78 Å². The summed E-state index contributed by atoms with van der Waals surface area (Å²) in [7, 11) is 0. The summed E-state index contributed by atoms with van der Waals surface area (Å²) in [6.07, 6.45) is 0.370. The Morgan fingerprint density at radius 3 is 2.43 bits per heavy atom. The molecule has 5 heteroatoms. The number of aliphatic hydroxyl groups is 1. The van der Waals surface area contributed by atoms with E-state index < -0.39 is 23.5 Å². The standard InChI is InChI=1S/C9H12N2O3/c10-6-4-1-3(12)2-5(6)8(13)9(14)7(4)11/h4-6,14H,1-2,10-11H2. The van der Waals surface area contributed by atoms with Gasteiger partial charge in [-0.2, -0.15) is 0 Å². The van der Waals surface area contributed by atoms with E-state index in [1.807, 2.05) is 0 Å². The fourth-order valence-corrected chi connectivity index (χ4v) is 2.20. The number of nitrogens with two attached hydrogens (primary N) is 2. The van der Waals surface area contributed by atoms with E-state index in [9.17, 15) is 14.7 Å². The Bertz CT molecular complexity index is 348. The largest absolute Gasteiger partial charge is 0.503 e. The normalized spacial score (nSPS) is 37.6. The molecule has 0 amide bonds. The molecule has 2 aliphatic rings. The second kappa shape index (κ2) is 2.81. The molecule has 3 atom stereocenters. The summed E-state index contributed by atoms with van der Waals surface area (Å²) < 4.78 is 0. The van der Waals surface area contributed by atoms with Crippen molar-refractivity contribution < 1.29 is 14.7 Å². The highest BCUT2D eigenvalue weighted by atomic mass is 16.3. The molecule has 0 aliphatic heterocycles. The van der Waals surface area contributed by atoms with E-state index >= 15 is 0 Å². The maximum atomic E-state index is 11.5. The monoisotopic (exact) mass is 196 g/mol. The van der Waals surface area contributed by atoms with Gasteiger partial charge in [-0.15, -0.1) is 0 Å². The van der Waals surface area contributed by atoms with Crippen LogP contribution in [0.15, 0.2) is 11.5 Å². The van der Waals surface area contributed by atoms with Crippen molar-refractivity contribution in [3.63, 3.8) is 0 Å². The van der Waals surface area contributed by atoms with Gasteiger partial charge in [0.1, 0.15) is 5.78 Å². The van der Waals surface area contributed by atoms with Crippen LogP contribution >= 0.6 is 0 Å². The molecule has 2 rings (SSSR count). The van der Waals surface area contributed by atoms with Crippen LogP contribution in [0.2, 0.25) is 0 Å². The number of hydrogen-bond acceptors (Lipinski definition) is 5. The third-order valence-electron chi connectivity index (χ3n) is 3.07. The van der Waals surface area contributed by atoms with E-state index in [0.717, 1.165) is 0 Å². The number of carbonyl (C=O) groups is 2. The number of hydrogen-bond donors (Lipinski definition) is 3. The molecule has 0 spiro atoms. The predicted octanol–water partition coefficient (Wildman–Crippen LogP) is -0.780. The summed E-state index contributed by atoms with van der Waals surface area (Å²) in [5.41, 5.74) is 11.4. The van der Waals surface area contributed by atoms with Crippen molar-refractivity contribution >= 4 is 11.6 Å². The highest BCUT2D eigenvalue weighted by molar-refractivity contribution is 6.01. The zero-order valence-electron chi connectivity index (χ0n) is 7.56. The topological polar surface area (TPSA) is 106 Å². The summed E-state index contributed by atoms with van der Waals surface area (Å²) in [6, 6.07) is -0.420. The van der Waals surface area contributed by atoms with Crippen molar-refractivity contribution in [1.82, 2.24) is 0 Å². The minimum absolute atomic E-state index is 0.00880. The fraction of sp³-hybridized carbons (Fsp3) is 0.556. The molecular formula is C9H12N2O3. The van der Waals surface area contributed by atoms with E-state index in [-0.39, 0.29) is 30.2 Å². The van der Waals surface area contributed by atoms with Gasteiger partial charge in [-0.25, -0.2) is 0 Å². The van der Waals surface area contributed by atoms with Gasteiger partial charge >= 0.3 is 0 Å². The lowest BCUT2D eigenvalue weighted by Crippen LogP contribution is -2.53. The minimum atomic E-state index is -0.575. The molecule has 1 fully saturated rings. The van der Waals surface area contributed by atoms with Crippen LogP contribution in [-0.4, -0.2) is 22.7 Å². The highest BCUT2D eigenvalue weighted by Gasteiger charge is 2.46. The molecule has 5 nitrogen and oxygen atoms in total. The summed E-state index contributed by atoms with van der Waals surface area (Å²) >= 11 is 0. The van der Waals surface area contributed by atoms with Crippen molar-refractivity contribution in [2.24, 2.45) is 23.3 Å². The SMILES string of the molecule is NC1=C(O)C(=O)C2CC(=O)CC1C2N. The maximum Gasteiger partial charge on any atom is 0.204 e. The van der Waals surface area contributed by atoms with E-state index in [4.69, 9.17) is 11.5 Å². The smallest absolute Gasteiger partial charge is 0.204 e. The van der Waals surface area contributed by atoms with Gasteiger partial charge in [-0.05, 0) is 0 Å². The van der Waals surface area contributed by atoms with Crippen LogP contribution in [0.5, 0.6) is 0 Å². The first-order valence-corrected chi connectivity index (χ1v) is 4.52. The molecule has 2 aliphatic carbocycles. The van der Waals surface area contributed by atoms with Crippen LogP contribution in [0.3, 0.4) is 0 Å². The van der Waals surface area contributed by atoms with Crippen LogP contribution in [0.4, 0.5) is 0 Å². The molecule has 5 N–H and O–H groups in total. The van der Waals surface area contributed by atoms with Crippen molar-refractivity contribution in [3.05, 3.63) is 11.5 Å². The Labute approximate surface area is 80.8 Å². The molecule has 3 unspecified atom stereocenters. The summed E-state index contributed by atoms with van der Waals surface area (Å²) in [4.78, 5) is 22.7. The number of aliphatic hydroxyl groups excluding tert-OH is 1. The lowest BCUT2D eigenvalue weighted by molar-refractivity contribution is -0.132. The van der Waals surface area contributed by atoms with Gasteiger partial charge < -0.3 is 16.6 Å². The molecule has 0 aromatic rings. The van der Waals surface area contributed by atoms with E-state index in [1.54, 1.807) is 0 Å². The summed E-state index contributed by atoms with van der Waals surface area (Å²) in [5.74, 6) is -1.83. The van der Waals surface area contributed by atoms with Crippen molar-refractivity contribution in [3.8, 4) is 0 Å². The zero-order chi connectivity index (χ0) is 10.5. The van der Waals surface area contributed by atoms with Crippen molar-refractivity contribution in [2.75, 3.05) is 0 Å². The fourth-order valence-electron chi connectivity index (χ4n) is 2.20. The van der Waals surface area contributed by atoms with Gasteiger partial charge in [0.05, 0.1) is 5.70 Å². The lowest BCUT2D eigenvalue weighted by atomic mass is 9.69. The van der Waals surface area contributed by atoms with E-state index in [2.05, 4.69) is 0 Å². The molecule has 0 heterocycles. The molecule has 1 saturated carbocycles. The van der Waals surface area contributed by atoms with Gasteiger partial charge in [0, 0.05) is 30.7 Å². The molecule has 0 saturated heterocycles. The molecule has 76 valence electrons. The van der Waals surface area contributed by atoms with Gasteiger partial charge in [-0.1, -0.05) is 0 Å². The predicted molar refractivity (Wildman–Crippen MR) is 48.0 cm³/mol. The Morgan fingerprint density at radius 2 is 1.79 bits per heavy atom. The molecule has 0 radical (unpaired) electrons. The van der Waals surface area contributed by atoms with Crippen LogP contribution < -0.4 is 11.5 Å². The Kier molecular flexibility index (Phi) is 1.85. The van der Waals surface area contributed by atoms with E-state index in [1.165, 1.54) is 0 Å². The van der Waals surface area contributed by atoms with Crippen molar-refractivity contribution in [2.45, 2.75) is 18.9 Å². The highest BCUT2D eigenvalue weighted by Crippen LogP contribution is 2.36. The molecule has 0 aromatic heterocycles. The average molecular weight is 196 g/mol. The molecule has 0 aromatic carbocycles. The first-order chi connectivity index (χ1) is 6.52. The Morgan fingerprint density at radius 1 is 1.21 bits per heavy atom. The van der Waals surface area contributed by atoms with Crippen molar-refractivity contribution in [1.29, 1.82) is 0 Å². The maximum absolute atomic E-state index is 11.5. The Balaban J connectivity index is 2.47. The van der Waals surface area contributed by atoms with Gasteiger partial charge in [0.25, 0.3) is 0 Å². The lowest BCUT2D eigenvalue weighted by Gasteiger charge is -2.38. The third kappa shape index (κ3) is 1.05. The van der Waals surface area contributed by atoms with Crippen LogP contribution in [0.1, 0.15) is 12.8 Å². The van der Waals surface area contributed by atoms with Gasteiger partial charge in [0.15, 0.2) is 5.76 Å². The number of allylic oxidation sites excluding steroid dienone is 1. The first kappa shape index (κ1) is 9.21. The summed E-state index contributed by atoms with van der Waals surface area (Å²) in [5, 5.41) is 9.39. The quantitative estimate of drug-likeness (QED) is 0.471. The number of ketones is 2.